The third-order valence-corrected chi connectivity index (χ3v) is 9.68. The summed E-state index contributed by atoms with van der Waals surface area (Å²) in [7, 11) is 0. The summed E-state index contributed by atoms with van der Waals surface area (Å²) in [5.74, 6) is -0.552. The van der Waals surface area contributed by atoms with E-state index in [1.807, 2.05) is 6.08 Å². The Morgan fingerprint density at radius 3 is 1.23 bits per heavy atom. The van der Waals surface area contributed by atoms with Crippen LogP contribution in [0.25, 0.3) is 0 Å². The third-order valence-electron chi connectivity index (χ3n) is 9.68. The maximum atomic E-state index is 12.7. The lowest BCUT2D eigenvalue weighted by atomic mass is 10.1. The second-order valence-electron chi connectivity index (χ2n) is 15.6. The Labute approximate surface area is 381 Å². The van der Waals surface area contributed by atoms with E-state index in [2.05, 4.69) is 148 Å². The van der Waals surface area contributed by atoms with E-state index in [0.29, 0.717) is 19.4 Å². The molecule has 0 rings (SSSR count). The van der Waals surface area contributed by atoms with Crippen LogP contribution in [0.4, 0.5) is 0 Å². The van der Waals surface area contributed by atoms with Crippen LogP contribution in [0.5, 0.6) is 0 Å². The predicted octanol–water partition coefficient (Wildman–Crippen LogP) is 16.8. The molecule has 0 aromatic rings. The fourth-order valence-corrected chi connectivity index (χ4v) is 6.09. The van der Waals surface area contributed by atoms with Gasteiger partial charge in [0.2, 0.25) is 0 Å². The van der Waals surface area contributed by atoms with Gasteiger partial charge in [0.25, 0.3) is 0 Å². The van der Waals surface area contributed by atoms with Gasteiger partial charge in [-0.2, -0.15) is 0 Å². The first-order valence-corrected chi connectivity index (χ1v) is 24.7. The van der Waals surface area contributed by atoms with Crippen molar-refractivity contribution in [2.45, 2.75) is 194 Å². The Morgan fingerprint density at radius 2 is 0.758 bits per heavy atom. The molecule has 0 aromatic heterocycles. The summed E-state index contributed by atoms with van der Waals surface area (Å²) in [5.41, 5.74) is 0. The standard InChI is InChI=1S/C57H90O5/c1-4-7-10-13-16-19-22-25-27-29-30-33-35-38-41-44-47-50-56(58)61-54-55(62-57(59)51-48-45-42-39-36-32-24-21-18-15-12-9-6-3)53-60-52-49-46-43-40-37-34-31-28-26-23-20-17-14-11-8-5-2/h8-9,11-12,16-21,25-28,32,34,36-37,42-43,45-46,55H,4-7,10,13-15,22-24,29-31,33,35,38-41,44,47-54H2,1-3H3/b11-8-,12-9-,19-16-,20-17-,21-18-,27-25-,28-26-,36-32-,37-34-,45-42-,46-43-. The molecule has 0 aliphatic carbocycles. The Morgan fingerprint density at radius 1 is 0.371 bits per heavy atom. The molecular weight excluding hydrogens is 765 g/mol. The maximum Gasteiger partial charge on any atom is 0.306 e. The minimum Gasteiger partial charge on any atom is -0.462 e. The molecule has 0 heterocycles. The Hall–Kier alpha value is -3.96. The number of hydrogen-bond acceptors (Lipinski definition) is 5. The van der Waals surface area contributed by atoms with E-state index in [0.717, 1.165) is 96.3 Å². The first-order valence-electron chi connectivity index (χ1n) is 24.7. The molecule has 0 N–H and O–H groups in total. The first-order chi connectivity index (χ1) is 30.6. The highest BCUT2D eigenvalue weighted by molar-refractivity contribution is 5.70. The number of esters is 2. The second-order valence-corrected chi connectivity index (χ2v) is 15.6. The molecule has 0 aromatic carbocycles. The van der Waals surface area contributed by atoms with Gasteiger partial charge in [0.05, 0.1) is 13.2 Å². The highest BCUT2D eigenvalue weighted by Crippen LogP contribution is 2.12. The molecule has 0 radical (unpaired) electrons. The Balaban J connectivity index is 4.49. The lowest BCUT2D eigenvalue weighted by Crippen LogP contribution is -2.30. The molecule has 0 amide bonds. The SMILES string of the molecule is CC/C=C\C/C=C\C/C=C\C/C=C\C/C=C\CCOCC(COC(=O)CCCCCCCCC/C=C\C/C=C\CCCCC)OC(=O)CC/C=C\C/C=C\C/C=C\C/C=C\CC. The van der Waals surface area contributed by atoms with Gasteiger partial charge in [-0.25, -0.2) is 0 Å². The normalized spacial score (nSPS) is 13.4. The number of carbonyl (C=O) groups is 2. The lowest BCUT2D eigenvalue weighted by molar-refractivity contribution is -0.162. The van der Waals surface area contributed by atoms with Crippen LogP contribution in [-0.2, 0) is 23.8 Å². The quantitative estimate of drug-likeness (QED) is 0.0347. The van der Waals surface area contributed by atoms with Gasteiger partial charge in [0.15, 0.2) is 6.10 Å². The van der Waals surface area contributed by atoms with Crippen molar-refractivity contribution in [2.75, 3.05) is 19.8 Å². The van der Waals surface area contributed by atoms with Crippen molar-refractivity contribution in [2.24, 2.45) is 0 Å². The summed E-state index contributed by atoms with van der Waals surface area (Å²) in [5, 5.41) is 0. The highest BCUT2D eigenvalue weighted by atomic mass is 16.6. The van der Waals surface area contributed by atoms with Crippen LogP contribution in [0.3, 0.4) is 0 Å². The van der Waals surface area contributed by atoms with Crippen molar-refractivity contribution < 1.29 is 23.8 Å². The van der Waals surface area contributed by atoms with E-state index in [1.54, 1.807) is 0 Å². The predicted molar refractivity (Wildman–Crippen MR) is 269 cm³/mol. The fraction of sp³-hybridized carbons (Fsp3) is 0.579. The van der Waals surface area contributed by atoms with Crippen LogP contribution in [0.15, 0.2) is 134 Å². The lowest BCUT2D eigenvalue weighted by Gasteiger charge is -2.18. The summed E-state index contributed by atoms with van der Waals surface area (Å²) in [4.78, 5) is 25.3. The molecule has 62 heavy (non-hydrogen) atoms. The molecule has 0 saturated heterocycles. The zero-order valence-corrected chi connectivity index (χ0v) is 39.8. The number of unbranched alkanes of at least 4 members (excludes halogenated alkanes) is 10. The molecule has 0 saturated carbocycles. The Kier molecular flexibility index (Phi) is 48.1. The summed E-state index contributed by atoms with van der Waals surface area (Å²) in [6.07, 6.45) is 73.5. The van der Waals surface area contributed by atoms with Gasteiger partial charge in [-0.3, -0.25) is 9.59 Å². The van der Waals surface area contributed by atoms with Crippen molar-refractivity contribution in [3.05, 3.63) is 134 Å². The van der Waals surface area contributed by atoms with Crippen LogP contribution in [-0.4, -0.2) is 37.9 Å². The molecule has 1 unspecified atom stereocenters. The van der Waals surface area contributed by atoms with E-state index in [9.17, 15) is 9.59 Å². The third kappa shape index (κ3) is 48.7. The average molecular weight is 855 g/mol. The topological polar surface area (TPSA) is 61.8 Å². The van der Waals surface area contributed by atoms with E-state index in [4.69, 9.17) is 14.2 Å². The van der Waals surface area contributed by atoms with E-state index < -0.39 is 6.10 Å². The zero-order valence-electron chi connectivity index (χ0n) is 39.8. The zero-order chi connectivity index (χ0) is 44.9. The molecule has 5 heteroatoms. The molecule has 0 spiro atoms. The number of allylic oxidation sites excluding steroid dienone is 21. The first kappa shape index (κ1) is 58.0. The van der Waals surface area contributed by atoms with Gasteiger partial charge in [0.1, 0.15) is 6.61 Å². The van der Waals surface area contributed by atoms with Gasteiger partial charge in [-0.05, 0) is 109 Å². The van der Waals surface area contributed by atoms with E-state index in [1.165, 1.54) is 51.4 Å². The number of hydrogen-bond donors (Lipinski definition) is 0. The molecule has 1 atom stereocenters. The summed E-state index contributed by atoms with van der Waals surface area (Å²) < 4.78 is 17.2. The van der Waals surface area contributed by atoms with E-state index in [-0.39, 0.29) is 31.6 Å². The van der Waals surface area contributed by atoms with Gasteiger partial charge < -0.3 is 14.2 Å². The fourth-order valence-electron chi connectivity index (χ4n) is 6.09. The minimum absolute atomic E-state index is 0.0138. The maximum absolute atomic E-state index is 12.7. The molecule has 0 aliphatic heterocycles. The summed E-state index contributed by atoms with van der Waals surface area (Å²) >= 11 is 0. The van der Waals surface area contributed by atoms with Crippen LogP contribution in [0.2, 0.25) is 0 Å². The van der Waals surface area contributed by atoms with Gasteiger partial charge >= 0.3 is 11.9 Å². The van der Waals surface area contributed by atoms with Crippen LogP contribution in [0.1, 0.15) is 188 Å². The average Bonchev–Trinajstić information content (AvgIpc) is 3.27. The molecule has 0 bridgehead atoms. The monoisotopic (exact) mass is 855 g/mol. The highest BCUT2D eigenvalue weighted by Gasteiger charge is 2.17. The summed E-state index contributed by atoms with van der Waals surface area (Å²) in [6, 6.07) is 0. The van der Waals surface area contributed by atoms with Crippen molar-refractivity contribution >= 4 is 11.9 Å². The van der Waals surface area contributed by atoms with Crippen molar-refractivity contribution in [1.29, 1.82) is 0 Å². The molecule has 348 valence electrons. The van der Waals surface area contributed by atoms with Crippen LogP contribution in [0, 0.1) is 0 Å². The van der Waals surface area contributed by atoms with Crippen molar-refractivity contribution in [3.8, 4) is 0 Å². The van der Waals surface area contributed by atoms with Crippen molar-refractivity contribution in [1.82, 2.24) is 0 Å². The summed E-state index contributed by atoms with van der Waals surface area (Å²) in [6.45, 7) is 7.25. The van der Waals surface area contributed by atoms with Crippen molar-refractivity contribution in [3.63, 3.8) is 0 Å². The number of carbonyl (C=O) groups excluding carboxylic acids is 2. The minimum atomic E-state index is -0.626. The number of rotatable bonds is 43. The number of ether oxygens (including phenoxy) is 3. The van der Waals surface area contributed by atoms with E-state index >= 15 is 0 Å². The van der Waals surface area contributed by atoms with Gasteiger partial charge in [-0.15, -0.1) is 0 Å². The van der Waals surface area contributed by atoms with Gasteiger partial charge in [-0.1, -0.05) is 199 Å². The second kappa shape index (κ2) is 51.4. The molecule has 0 aliphatic rings. The van der Waals surface area contributed by atoms with Crippen LogP contribution >= 0.6 is 0 Å². The van der Waals surface area contributed by atoms with Gasteiger partial charge in [0, 0.05) is 12.8 Å². The smallest absolute Gasteiger partial charge is 0.306 e. The molecule has 0 fully saturated rings. The molecular formula is C57H90O5. The Bertz CT molecular complexity index is 1330. The van der Waals surface area contributed by atoms with Crippen LogP contribution < -0.4 is 0 Å². The molecule has 5 nitrogen and oxygen atoms in total. The largest absolute Gasteiger partial charge is 0.462 e.